The monoisotopic (exact) mass is 447 g/mol. The molecule has 0 fully saturated rings. The molecule has 10 nitrogen and oxygen atoms in total. The number of nitrogen functional groups attached to an aromatic ring is 2. The largest absolute Gasteiger partial charge is 0.382 e. The lowest BCUT2D eigenvalue weighted by Crippen LogP contribution is -2.28. The first-order chi connectivity index (χ1) is 14.8. The lowest BCUT2D eigenvalue weighted by atomic mass is 10.1. The number of nitrogens with one attached hydrogen (secondary N) is 2. The van der Waals surface area contributed by atoms with Crippen molar-refractivity contribution in [1.82, 2.24) is 29.7 Å². The molecule has 0 radical (unpaired) electrons. The van der Waals surface area contributed by atoms with Crippen LogP contribution in [0.4, 0.5) is 26.4 Å². The maximum atomic E-state index is 13.6. The van der Waals surface area contributed by atoms with Gasteiger partial charge in [0.1, 0.15) is 22.5 Å². The van der Waals surface area contributed by atoms with Crippen LogP contribution >= 0.6 is 11.6 Å². The van der Waals surface area contributed by atoms with Crippen LogP contribution in [0.5, 0.6) is 0 Å². The Morgan fingerprint density at radius 3 is 2.65 bits per heavy atom. The van der Waals surface area contributed by atoms with Crippen molar-refractivity contribution in [3.63, 3.8) is 0 Å². The fraction of sp³-hybridized carbons (Fsp3) is 0.167. The average Bonchev–Trinajstić information content (AvgIpc) is 3.25. The Bertz CT molecular complexity index is 1320. The molecule has 0 saturated heterocycles. The second kappa shape index (κ2) is 7.80. The molecule has 0 unspecified atom stereocenters. The molecule has 4 rings (SSSR count). The first-order valence-corrected chi connectivity index (χ1v) is 9.34. The molecule has 13 heteroatoms. The second-order valence-corrected chi connectivity index (χ2v) is 6.97. The first-order valence-electron chi connectivity index (χ1n) is 8.96. The summed E-state index contributed by atoms with van der Waals surface area (Å²) in [6, 6.07) is 4.86. The Morgan fingerprint density at radius 2 is 1.97 bits per heavy atom. The van der Waals surface area contributed by atoms with Crippen molar-refractivity contribution in [2.24, 2.45) is 0 Å². The van der Waals surface area contributed by atoms with E-state index in [1.807, 2.05) is 0 Å². The molecule has 160 valence electrons. The lowest BCUT2D eigenvalue weighted by molar-refractivity contribution is 0.153. The van der Waals surface area contributed by atoms with E-state index in [1.165, 1.54) is 29.0 Å². The first kappa shape index (κ1) is 20.5. The van der Waals surface area contributed by atoms with Gasteiger partial charge in [0.15, 0.2) is 5.82 Å². The van der Waals surface area contributed by atoms with Gasteiger partial charge in [-0.1, -0.05) is 23.7 Å². The number of para-hydroxylation sites is 1. The Labute approximate surface area is 178 Å². The van der Waals surface area contributed by atoms with E-state index in [1.54, 1.807) is 13.0 Å². The van der Waals surface area contributed by atoms with Crippen LogP contribution in [-0.2, 0) is 0 Å². The summed E-state index contributed by atoms with van der Waals surface area (Å²) >= 11 is 6.16. The highest BCUT2D eigenvalue weighted by Gasteiger charge is 2.23. The quantitative estimate of drug-likeness (QED) is 0.364. The van der Waals surface area contributed by atoms with Gasteiger partial charge in [0.05, 0.1) is 23.1 Å². The summed E-state index contributed by atoms with van der Waals surface area (Å²) in [4.78, 5) is 25.4. The molecule has 3 aromatic heterocycles. The van der Waals surface area contributed by atoms with E-state index in [2.05, 4.69) is 30.5 Å². The molecule has 6 N–H and O–H groups in total. The van der Waals surface area contributed by atoms with Gasteiger partial charge in [-0.15, -0.1) is 0 Å². The zero-order valence-electron chi connectivity index (χ0n) is 16.0. The van der Waals surface area contributed by atoms with E-state index in [4.69, 9.17) is 23.1 Å². The van der Waals surface area contributed by atoms with E-state index in [-0.39, 0.29) is 44.9 Å². The van der Waals surface area contributed by atoms with Crippen molar-refractivity contribution in [2.75, 3.05) is 16.8 Å². The number of alkyl halides is 2. The molecular weight excluding hydrogens is 432 g/mol. The van der Waals surface area contributed by atoms with E-state index in [0.717, 1.165) is 0 Å². The topological polar surface area (TPSA) is 153 Å². The molecule has 4 aromatic rings. The molecule has 1 aromatic carbocycles. The summed E-state index contributed by atoms with van der Waals surface area (Å²) in [5.41, 5.74) is 10.4. The van der Waals surface area contributed by atoms with Crippen LogP contribution in [-0.4, -0.2) is 29.7 Å². The predicted octanol–water partition coefficient (Wildman–Crippen LogP) is 2.83. The van der Waals surface area contributed by atoms with Crippen molar-refractivity contribution in [1.29, 1.82) is 0 Å². The average molecular weight is 448 g/mol. The van der Waals surface area contributed by atoms with E-state index < -0.39 is 18.0 Å². The molecule has 0 aliphatic heterocycles. The maximum absolute atomic E-state index is 13.6. The minimum absolute atomic E-state index is 0.0190. The zero-order valence-corrected chi connectivity index (χ0v) is 16.7. The highest BCUT2D eigenvalue weighted by molar-refractivity contribution is 6.35. The molecule has 3 heterocycles. The van der Waals surface area contributed by atoms with Crippen LogP contribution in [0.25, 0.3) is 16.7 Å². The number of hydrogen-bond donors (Lipinski definition) is 4. The molecule has 0 amide bonds. The van der Waals surface area contributed by atoms with Crippen LogP contribution in [0.15, 0.2) is 35.3 Å². The summed E-state index contributed by atoms with van der Waals surface area (Å²) in [6.45, 7) is 1.65. The van der Waals surface area contributed by atoms with Crippen molar-refractivity contribution in [3.05, 3.63) is 57.2 Å². The third kappa shape index (κ3) is 3.61. The molecule has 1 atom stereocenters. The van der Waals surface area contributed by atoms with Crippen LogP contribution in [0, 0.1) is 0 Å². The van der Waals surface area contributed by atoms with Gasteiger partial charge in [0.2, 0.25) is 5.95 Å². The van der Waals surface area contributed by atoms with Crippen LogP contribution < -0.4 is 22.3 Å². The van der Waals surface area contributed by atoms with Gasteiger partial charge in [-0.3, -0.25) is 9.89 Å². The Morgan fingerprint density at radius 1 is 1.19 bits per heavy atom. The van der Waals surface area contributed by atoms with Gasteiger partial charge in [0.25, 0.3) is 12.0 Å². The van der Waals surface area contributed by atoms with Gasteiger partial charge in [-0.2, -0.15) is 15.1 Å². The molecule has 0 bridgehead atoms. The minimum Gasteiger partial charge on any atom is -0.382 e. The number of anilines is 3. The highest BCUT2D eigenvalue weighted by Crippen LogP contribution is 2.30. The molecule has 0 aliphatic carbocycles. The number of fused-ring (bicyclic) bond motifs is 1. The van der Waals surface area contributed by atoms with Gasteiger partial charge in [-0.05, 0) is 13.0 Å². The summed E-state index contributed by atoms with van der Waals surface area (Å²) in [7, 11) is 0. The van der Waals surface area contributed by atoms with E-state index in [9.17, 15) is 13.6 Å². The SMILES string of the molecule is C[C@H](Nc1nc(N)nc(N)c1Cl)c1nc2c(C(F)F)cccc2c(=O)n1-c1ccn[nH]1. The van der Waals surface area contributed by atoms with Gasteiger partial charge >= 0.3 is 0 Å². The Hall–Kier alpha value is -3.80. The normalized spacial score (nSPS) is 12.4. The van der Waals surface area contributed by atoms with Crippen LogP contribution in [0.3, 0.4) is 0 Å². The highest BCUT2D eigenvalue weighted by atomic mass is 35.5. The fourth-order valence-electron chi connectivity index (χ4n) is 3.17. The van der Waals surface area contributed by atoms with E-state index in [0.29, 0.717) is 5.82 Å². The Kier molecular flexibility index (Phi) is 5.15. The summed E-state index contributed by atoms with van der Waals surface area (Å²) < 4.78 is 28.4. The number of aromatic nitrogens is 6. The summed E-state index contributed by atoms with van der Waals surface area (Å²) in [6.07, 6.45) is -1.36. The second-order valence-electron chi connectivity index (χ2n) is 6.59. The van der Waals surface area contributed by atoms with Crippen LogP contribution in [0.1, 0.15) is 30.8 Å². The molecule has 31 heavy (non-hydrogen) atoms. The molecule has 0 spiro atoms. The van der Waals surface area contributed by atoms with Gasteiger partial charge in [-0.25, -0.2) is 18.3 Å². The number of benzene rings is 1. The number of rotatable bonds is 5. The van der Waals surface area contributed by atoms with Crippen molar-refractivity contribution in [3.8, 4) is 5.82 Å². The zero-order chi connectivity index (χ0) is 22.3. The van der Waals surface area contributed by atoms with Crippen LogP contribution in [0.2, 0.25) is 5.02 Å². The molecule has 0 saturated carbocycles. The number of H-pyrrole nitrogens is 1. The minimum atomic E-state index is -2.81. The number of nitrogens with zero attached hydrogens (tertiary/aromatic N) is 5. The van der Waals surface area contributed by atoms with Gasteiger partial charge in [0, 0.05) is 11.6 Å². The number of aromatic amines is 1. The predicted molar refractivity (Wildman–Crippen MR) is 112 cm³/mol. The van der Waals surface area contributed by atoms with Crippen molar-refractivity contribution in [2.45, 2.75) is 19.4 Å². The van der Waals surface area contributed by atoms with Crippen molar-refractivity contribution >= 4 is 40.1 Å². The molecular formula is C18H16ClF2N9O. The standard InChI is InChI=1S/C18H16ClF2N9O/c1-7(25-15-11(19)14(22)27-18(23)28-15)16-26-12-8(13(20)21)3-2-4-9(12)17(31)30(16)10-5-6-24-29-10/h2-7,13H,1H3,(H,24,29)(H5,22,23,25,27,28)/t7-/m0/s1. The van der Waals surface area contributed by atoms with Gasteiger partial charge < -0.3 is 16.8 Å². The number of halogens is 3. The third-order valence-corrected chi connectivity index (χ3v) is 4.93. The summed E-state index contributed by atoms with van der Waals surface area (Å²) in [5.74, 6) is 0.363. The smallest absolute Gasteiger partial charge is 0.267 e. The number of hydrogen-bond acceptors (Lipinski definition) is 8. The van der Waals surface area contributed by atoms with E-state index >= 15 is 0 Å². The maximum Gasteiger partial charge on any atom is 0.267 e. The lowest BCUT2D eigenvalue weighted by Gasteiger charge is -2.20. The summed E-state index contributed by atoms with van der Waals surface area (Å²) in [5, 5.41) is 9.57. The Balaban J connectivity index is 1.94. The fourth-order valence-corrected chi connectivity index (χ4v) is 3.31. The molecule has 0 aliphatic rings. The number of nitrogens with two attached hydrogens (primary N) is 2. The third-order valence-electron chi connectivity index (χ3n) is 4.55. The van der Waals surface area contributed by atoms with Crippen molar-refractivity contribution < 1.29 is 8.78 Å².